The summed E-state index contributed by atoms with van der Waals surface area (Å²) >= 11 is 3.51. The zero-order valence-corrected chi connectivity index (χ0v) is 9.80. The SMILES string of the molecule is Cc1cc(Br)c2nc(CN)n(C)c2c1. The highest BCUT2D eigenvalue weighted by Gasteiger charge is 2.09. The van der Waals surface area contributed by atoms with E-state index < -0.39 is 0 Å². The third-order valence-corrected chi connectivity index (χ3v) is 2.96. The molecule has 2 aromatic rings. The lowest BCUT2D eigenvalue weighted by atomic mass is 10.2. The zero-order valence-electron chi connectivity index (χ0n) is 8.21. The Morgan fingerprint density at radius 1 is 1.50 bits per heavy atom. The molecule has 3 nitrogen and oxygen atoms in total. The van der Waals surface area contributed by atoms with Crippen LogP contribution in [-0.2, 0) is 13.6 Å². The van der Waals surface area contributed by atoms with E-state index in [4.69, 9.17) is 5.73 Å². The smallest absolute Gasteiger partial charge is 0.123 e. The monoisotopic (exact) mass is 253 g/mol. The molecule has 2 N–H and O–H groups in total. The standard InChI is InChI=1S/C10H12BrN3/c1-6-3-7(11)10-8(4-6)14(2)9(5-12)13-10/h3-4H,5,12H2,1-2H3. The highest BCUT2D eigenvalue weighted by atomic mass is 79.9. The molecule has 0 spiro atoms. The Morgan fingerprint density at radius 2 is 2.21 bits per heavy atom. The van der Waals surface area contributed by atoms with Gasteiger partial charge in [0.1, 0.15) is 11.3 Å². The van der Waals surface area contributed by atoms with Crippen molar-refractivity contribution in [3.05, 3.63) is 28.0 Å². The minimum absolute atomic E-state index is 0.469. The van der Waals surface area contributed by atoms with E-state index in [-0.39, 0.29) is 0 Å². The number of aromatic nitrogens is 2. The minimum atomic E-state index is 0.469. The van der Waals surface area contributed by atoms with Gasteiger partial charge in [-0.1, -0.05) is 0 Å². The molecule has 0 fully saturated rings. The number of aryl methyl sites for hydroxylation is 2. The van der Waals surface area contributed by atoms with Crippen LogP contribution in [0.15, 0.2) is 16.6 Å². The lowest BCUT2D eigenvalue weighted by Crippen LogP contribution is -2.04. The van der Waals surface area contributed by atoms with Crippen molar-refractivity contribution < 1.29 is 0 Å². The molecular weight excluding hydrogens is 242 g/mol. The van der Waals surface area contributed by atoms with E-state index in [1.807, 2.05) is 11.6 Å². The molecule has 0 aliphatic carbocycles. The van der Waals surface area contributed by atoms with Crippen LogP contribution in [0.1, 0.15) is 11.4 Å². The molecule has 0 amide bonds. The number of nitrogens with zero attached hydrogens (tertiary/aromatic N) is 2. The van der Waals surface area contributed by atoms with Crippen molar-refractivity contribution in [2.24, 2.45) is 12.8 Å². The number of hydrogen-bond acceptors (Lipinski definition) is 2. The van der Waals surface area contributed by atoms with E-state index in [0.29, 0.717) is 6.54 Å². The van der Waals surface area contributed by atoms with Gasteiger partial charge in [0, 0.05) is 11.5 Å². The first-order chi connectivity index (χ1) is 6.63. The molecule has 0 atom stereocenters. The van der Waals surface area contributed by atoms with E-state index in [1.165, 1.54) is 5.56 Å². The fourth-order valence-corrected chi connectivity index (χ4v) is 2.26. The molecule has 0 radical (unpaired) electrons. The van der Waals surface area contributed by atoms with Gasteiger partial charge in [0.25, 0.3) is 0 Å². The van der Waals surface area contributed by atoms with E-state index >= 15 is 0 Å². The van der Waals surface area contributed by atoms with Crippen molar-refractivity contribution in [3.63, 3.8) is 0 Å². The Labute approximate surface area is 91.1 Å². The van der Waals surface area contributed by atoms with Gasteiger partial charge in [-0.15, -0.1) is 0 Å². The molecule has 1 aromatic heterocycles. The van der Waals surface area contributed by atoms with Crippen molar-refractivity contribution in [2.45, 2.75) is 13.5 Å². The second kappa shape index (κ2) is 3.37. The molecule has 1 aromatic carbocycles. The highest BCUT2D eigenvalue weighted by Crippen LogP contribution is 2.25. The Balaban J connectivity index is 2.85. The van der Waals surface area contributed by atoms with Crippen molar-refractivity contribution in [2.75, 3.05) is 0 Å². The summed E-state index contributed by atoms with van der Waals surface area (Å²) in [5.41, 5.74) is 8.93. The van der Waals surface area contributed by atoms with Crippen LogP contribution in [-0.4, -0.2) is 9.55 Å². The Bertz CT molecular complexity index is 488. The third kappa shape index (κ3) is 1.35. The molecule has 0 saturated heterocycles. The quantitative estimate of drug-likeness (QED) is 0.846. The number of nitrogens with two attached hydrogens (primary N) is 1. The van der Waals surface area contributed by atoms with Crippen LogP contribution in [0.5, 0.6) is 0 Å². The van der Waals surface area contributed by atoms with Gasteiger partial charge in [-0.3, -0.25) is 0 Å². The molecule has 4 heteroatoms. The van der Waals surface area contributed by atoms with Crippen LogP contribution < -0.4 is 5.73 Å². The Kier molecular flexibility index (Phi) is 2.33. The van der Waals surface area contributed by atoms with E-state index in [2.05, 4.69) is 40.0 Å². The van der Waals surface area contributed by atoms with E-state index in [9.17, 15) is 0 Å². The van der Waals surface area contributed by atoms with Crippen molar-refractivity contribution in [1.29, 1.82) is 0 Å². The second-order valence-electron chi connectivity index (χ2n) is 3.41. The summed E-state index contributed by atoms with van der Waals surface area (Å²) in [4.78, 5) is 4.46. The van der Waals surface area contributed by atoms with Crippen LogP contribution in [0.4, 0.5) is 0 Å². The van der Waals surface area contributed by atoms with Crippen molar-refractivity contribution in [1.82, 2.24) is 9.55 Å². The van der Waals surface area contributed by atoms with Gasteiger partial charge >= 0.3 is 0 Å². The molecule has 14 heavy (non-hydrogen) atoms. The fraction of sp³-hybridized carbons (Fsp3) is 0.300. The summed E-state index contributed by atoms with van der Waals surface area (Å²) in [7, 11) is 1.99. The van der Waals surface area contributed by atoms with Crippen LogP contribution in [0.3, 0.4) is 0 Å². The summed E-state index contributed by atoms with van der Waals surface area (Å²) in [6, 6.07) is 4.18. The largest absolute Gasteiger partial charge is 0.330 e. The molecule has 0 aliphatic rings. The normalized spacial score (nSPS) is 11.1. The molecule has 0 saturated carbocycles. The molecule has 0 unspecified atom stereocenters. The van der Waals surface area contributed by atoms with Crippen LogP contribution in [0.25, 0.3) is 11.0 Å². The number of fused-ring (bicyclic) bond motifs is 1. The van der Waals surface area contributed by atoms with Crippen molar-refractivity contribution in [3.8, 4) is 0 Å². The molecule has 2 rings (SSSR count). The molecule has 0 bridgehead atoms. The van der Waals surface area contributed by atoms with Gasteiger partial charge in [0.05, 0.1) is 12.1 Å². The van der Waals surface area contributed by atoms with Gasteiger partial charge in [0.2, 0.25) is 0 Å². The minimum Gasteiger partial charge on any atom is -0.330 e. The average molecular weight is 254 g/mol. The van der Waals surface area contributed by atoms with Gasteiger partial charge in [0.15, 0.2) is 0 Å². The number of hydrogen-bond donors (Lipinski definition) is 1. The van der Waals surface area contributed by atoms with Gasteiger partial charge in [-0.2, -0.15) is 0 Å². The zero-order chi connectivity index (χ0) is 10.3. The van der Waals surface area contributed by atoms with Crippen LogP contribution in [0.2, 0.25) is 0 Å². The van der Waals surface area contributed by atoms with Crippen LogP contribution in [0, 0.1) is 6.92 Å². The maximum atomic E-state index is 5.60. The predicted octanol–water partition coefficient (Wildman–Crippen LogP) is 2.10. The molecule has 0 aliphatic heterocycles. The van der Waals surface area contributed by atoms with Crippen LogP contribution >= 0.6 is 15.9 Å². The topological polar surface area (TPSA) is 43.8 Å². The lowest BCUT2D eigenvalue weighted by Gasteiger charge is -2.00. The molecular formula is C10H12BrN3. The van der Waals surface area contributed by atoms with Gasteiger partial charge < -0.3 is 10.3 Å². The second-order valence-corrected chi connectivity index (χ2v) is 4.26. The first-order valence-electron chi connectivity index (χ1n) is 4.45. The third-order valence-electron chi connectivity index (χ3n) is 2.36. The lowest BCUT2D eigenvalue weighted by molar-refractivity contribution is 0.812. The van der Waals surface area contributed by atoms with E-state index in [0.717, 1.165) is 21.3 Å². The highest BCUT2D eigenvalue weighted by molar-refractivity contribution is 9.10. The Hall–Kier alpha value is -0.870. The Morgan fingerprint density at radius 3 is 2.86 bits per heavy atom. The number of halogens is 1. The van der Waals surface area contributed by atoms with E-state index in [1.54, 1.807) is 0 Å². The maximum absolute atomic E-state index is 5.60. The molecule has 74 valence electrons. The number of imidazole rings is 1. The number of benzene rings is 1. The summed E-state index contributed by atoms with van der Waals surface area (Å²) in [5.74, 6) is 0.909. The fourth-order valence-electron chi connectivity index (χ4n) is 1.61. The summed E-state index contributed by atoms with van der Waals surface area (Å²) in [6.07, 6.45) is 0. The maximum Gasteiger partial charge on any atom is 0.123 e. The number of rotatable bonds is 1. The van der Waals surface area contributed by atoms with Crippen molar-refractivity contribution >= 4 is 27.0 Å². The van der Waals surface area contributed by atoms with Gasteiger partial charge in [-0.05, 0) is 40.5 Å². The summed E-state index contributed by atoms with van der Waals surface area (Å²) in [5, 5.41) is 0. The first-order valence-corrected chi connectivity index (χ1v) is 5.24. The van der Waals surface area contributed by atoms with Gasteiger partial charge in [-0.25, -0.2) is 4.98 Å². The molecule has 1 heterocycles. The average Bonchev–Trinajstić information content (AvgIpc) is 2.44. The predicted molar refractivity (Wildman–Crippen MR) is 61.0 cm³/mol. The first kappa shape index (κ1) is 9.68. The summed E-state index contributed by atoms with van der Waals surface area (Å²) < 4.78 is 3.07. The summed E-state index contributed by atoms with van der Waals surface area (Å²) in [6.45, 7) is 2.54.